The SMILES string of the molecule is CCCC1NC(=O)N(Cc2ccc(C#N)c(OC)c2)C1=O. The number of ether oxygens (including phenoxy) is 1. The van der Waals surface area contributed by atoms with E-state index < -0.39 is 6.04 Å². The molecule has 1 aromatic rings. The van der Waals surface area contributed by atoms with Crippen molar-refractivity contribution in [1.29, 1.82) is 5.26 Å². The third-order valence-electron chi connectivity index (χ3n) is 3.41. The van der Waals surface area contributed by atoms with Gasteiger partial charge in [-0.2, -0.15) is 5.26 Å². The number of urea groups is 1. The molecule has 1 saturated heterocycles. The summed E-state index contributed by atoms with van der Waals surface area (Å²) in [7, 11) is 1.48. The van der Waals surface area contributed by atoms with E-state index >= 15 is 0 Å². The summed E-state index contributed by atoms with van der Waals surface area (Å²) in [5.74, 6) is 0.234. The fraction of sp³-hybridized carbons (Fsp3) is 0.400. The predicted molar refractivity (Wildman–Crippen MR) is 75.5 cm³/mol. The molecule has 0 spiro atoms. The van der Waals surface area contributed by atoms with Crippen molar-refractivity contribution in [2.75, 3.05) is 7.11 Å². The summed E-state index contributed by atoms with van der Waals surface area (Å²) < 4.78 is 5.13. The van der Waals surface area contributed by atoms with Crippen LogP contribution in [0.1, 0.15) is 30.9 Å². The number of nitriles is 1. The highest BCUT2D eigenvalue weighted by atomic mass is 16.5. The number of carbonyl (C=O) groups excluding carboxylic acids is 2. The third kappa shape index (κ3) is 2.97. The van der Waals surface area contributed by atoms with E-state index in [1.165, 1.54) is 12.0 Å². The molecule has 1 atom stereocenters. The maximum absolute atomic E-state index is 12.1. The lowest BCUT2D eigenvalue weighted by atomic mass is 10.1. The fourth-order valence-electron chi connectivity index (χ4n) is 2.32. The van der Waals surface area contributed by atoms with E-state index in [9.17, 15) is 9.59 Å². The molecule has 2 rings (SSSR count). The van der Waals surface area contributed by atoms with Gasteiger partial charge in [0.2, 0.25) is 0 Å². The van der Waals surface area contributed by atoms with Crippen LogP contribution in [0, 0.1) is 11.3 Å². The van der Waals surface area contributed by atoms with Gasteiger partial charge in [-0.05, 0) is 24.1 Å². The van der Waals surface area contributed by atoms with Crippen molar-refractivity contribution in [2.24, 2.45) is 0 Å². The van der Waals surface area contributed by atoms with Gasteiger partial charge in [0.15, 0.2) is 0 Å². The Morgan fingerprint density at radius 3 is 2.81 bits per heavy atom. The number of methoxy groups -OCH3 is 1. The van der Waals surface area contributed by atoms with Gasteiger partial charge in [-0.1, -0.05) is 19.4 Å². The van der Waals surface area contributed by atoms with E-state index in [1.807, 2.05) is 13.0 Å². The van der Waals surface area contributed by atoms with Crippen LogP contribution in [-0.4, -0.2) is 30.0 Å². The second kappa shape index (κ2) is 6.27. The molecule has 1 aliphatic rings. The Morgan fingerprint density at radius 1 is 1.43 bits per heavy atom. The van der Waals surface area contributed by atoms with Crippen molar-refractivity contribution < 1.29 is 14.3 Å². The molecule has 0 aromatic heterocycles. The Morgan fingerprint density at radius 2 is 2.19 bits per heavy atom. The summed E-state index contributed by atoms with van der Waals surface area (Å²) in [4.78, 5) is 25.2. The predicted octanol–water partition coefficient (Wildman–Crippen LogP) is 1.79. The average Bonchev–Trinajstić information content (AvgIpc) is 2.75. The Kier molecular flexibility index (Phi) is 4.43. The first-order chi connectivity index (χ1) is 10.1. The van der Waals surface area contributed by atoms with Crippen molar-refractivity contribution >= 4 is 11.9 Å². The highest BCUT2D eigenvalue weighted by Crippen LogP contribution is 2.22. The lowest BCUT2D eigenvalue weighted by molar-refractivity contribution is -0.128. The van der Waals surface area contributed by atoms with Crippen LogP contribution in [0.15, 0.2) is 18.2 Å². The fourth-order valence-corrected chi connectivity index (χ4v) is 2.32. The number of benzene rings is 1. The Hall–Kier alpha value is -2.55. The Labute approximate surface area is 123 Å². The average molecular weight is 287 g/mol. The Bertz CT molecular complexity index is 607. The van der Waals surface area contributed by atoms with E-state index in [1.54, 1.807) is 18.2 Å². The van der Waals surface area contributed by atoms with E-state index in [0.717, 1.165) is 12.0 Å². The molecule has 0 radical (unpaired) electrons. The third-order valence-corrected chi connectivity index (χ3v) is 3.41. The number of hydrogen-bond acceptors (Lipinski definition) is 4. The van der Waals surface area contributed by atoms with Crippen LogP contribution >= 0.6 is 0 Å². The zero-order chi connectivity index (χ0) is 15.4. The minimum absolute atomic E-state index is 0.174. The van der Waals surface area contributed by atoms with E-state index in [2.05, 4.69) is 5.32 Å². The highest BCUT2D eigenvalue weighted by Gasteiger charge is 2.37. The maximum Gasteiger partial charge on any atom is 0.325 e. The normalized spacial score (nSPS) is 17.6. The number of nitrogens with one attached hydrogen (secondary N) is 1. The van der Waals surface area contributed by atoms with Gasteiger partial charge in [-0.15, -0.1) is 0 Å². The molecule has 1 fully saturated rings. The second-order valence-corrected chi connectivity index (χ2v) is 4.86. The summed E-state index contributed by atoms with van der Waals surface area (Å²) in [6.07, 6.45) is 1.47. The van der Waals surface area contributed by atoms with Crippen molar-refractivity contribution in [3.63, 3.8) is 0 Å². The van der Waals surface area contributed by atoms with Gasteiger partial charge in [0.25, 0.3) is 5.91 Å². The van der Waals surface area contributed by atoms with Gasteiger partial charge < -0.3 is 10.1 Å². The lowest BCUT2D eigenvalue weighted by Crippen LogP contribution is -2.30. The summed E-state index contributed by atoms with van der Waals surface area (Å²) in [5.41, 5.74) is 1.16. The first kappa shape index (κ1) is 14.9. The monoisotopic (exact) mass is 287 g/mol. The minimum atomic E-state index is -0.428. The molecule has 1 aromatic carbocycles. The van der Waals surface area contributed by atoms with Crippen LogP contribution in [0.3, 0.4) is 0 Å². The first-order valence-corrected chi connectivity index (χ1v) is 6.79. The smallest absolute Gasteiger partial charge is 0.325 e. The molecule has 110 valence electrons. The standard InChI is InChI=1S/C15H17N3O3/c1-3-4-12-14(19)18(15(20)17-12)9-10-5-6-11(8-16)13(7-10)21-2/h5-7,12H,3-4,9H2,1-2H3,(H,17,20). The van der Waals surface area contributed by atoms with Gasteiger partial charge in [-0.3, -0.25) is 9.69 Å². The van der Waals surface area contributed by atoms with Crippen molar-refractivity contribution in [3.8, 4) is 11.8 Å². The molecule has 1 aliphatic heterocycles. The number of nitrogens with zero attached hydrogens (tertiary/aromatic N) is 2. The topological polar surface area (TPSA) is 82.4 Å². The molecule has 1 unspecified atom stereocenters. The van der Waals surface area contributed by atoms with Crippen LogP contribution in [0.25, 0.3) is 0 Å². The highest BCUT2D eigenvalue weighted by molar-refractivity contribution is 6.04. The zero-order valence-corrected chi connectivity index (χ0v) is 12.0. The van der Waals surface area contributed by atoms with Crippen LogP contribution in [0.2, 0.25) is 0 Å². The molecular weight excluding hydrogens is 270 g/mol. The van der Waals surface area contributed by atoms with Crippen LogP contribution < -0.4 is 10.1 Å². The summed E-state index contributed by atoms with van der Waals surface area (Å²) in [6.45, 7) is 2.14. The quantitative estimate of drug-likeness (QED) is 0.837. The van der Waals surface area contributed by atoms with Gasteiger partial charge >= 0.3 is 6.03 Å². The summed E-state index contributed by atoms with van der Waals surface area (Å²) >= 11 is 0. The van der Waals surface area contributed by atoms with E-state index in [0.29, 0.717) is 17.7 Å². The van der Waals surface area contributed by atoms with Gasteiger partial charge in [0, 0.05) is 0 Å². The molecule has 6 nitrogen and oxygen atoms in total. The maximum atomic E-state index is 12.1. The zero-order valence-electron chi connectivity index (χ0n) is 12.0. The van der Waals surface area contributed by atoms with E-state index in [4.69, 9.17) is 10.00 Å². The Balaban J connectivity index is 2.17. The molecule has 6 heteroatoms. The molecule has 1 N–H and O–H groups in total. The molecule has 0 saturated carbocycles. The number of imide groups is 1. The molecule has 0 bridgehead atoms. The first-order valence-electron chi connectivity index (χ1n) is 6.79. The van der Waals surface area contributed by atoms with Crippen molar-refractivity contribution in [3.05, 3.63) is 29.3 Å². The molecule has 0 aliphatic carbocycles. The minimum Gasteiger partial charge on any atom is -0.495 e. The molecule has 21 heavy (non-hydrogen) atoms. The second-order valence-electron chi connectivity index (χ2n) is 4.86. The van der Waals surface area contributed by atoms with Crippen LogP contribution in [-0.2, 0) is 11.3 Å². The molecule has 3 amide bonds. The summed E-state index contributed by atoms with van der Waals surface area (Å²) in [6, 6.07) is 6.23. The van der Waals surface area contributed by atoms with Crippen molar-refractivity contribution in [2.45, 2.75) is 32.4 Å². The largest absolute Gasteiger partial charge is 0.495 e. The van der Waals surface area contributed by atoms with Crippen LogP contribution in [0.5, 0.6) is 5.75 Å². The van der Waals surface area contributed by atoms with Gasteiger partial charge in [0.1, 0.15) is 17.9 Å². The van der Waals surface area contributed by atoms with Gasteiger partial charge in [0.05, 0.1) is 19.2 Å². The van der Waals surface area contributed by atoms with E-state index in [-0.39, 0.29) is 18.5 Å². The van der Waals surface area contributed by atoms with Gasteiger partial charge in [-0.25, -0.2) is 4.79 Å². The molecule has 1 heterocycles. The number of amides is 3. The van der Waals surface area contributed by atoms with Crippen LogP contribution in [0.4, 0.5) is 4.79 Å². The number of hydrogen-bond donors (Lipinski definition) is 1. The summed E-state index contributed by atoms with van der Waals surface area (Å²) in [5, 5.41) is 11.6. The number of rotatable bonds is 5. The molecular formula is C15H17N3O3. The number of carbonyl (C=O) groups is 2. The van der Waals surface area contributed by atoms with Crippen molar-refractivity contribution in [1.82, 2.24) is 10.2 Å². The lowest BCUT2D eigenvalue weighted by Gasteiger charge is -2.14.